The molecule has 3 N–H and O–H groups in total. The van der Waals surface area contributed by atoms with E-state index in [1.165, 1.54) is 12.1 Å². The molecular weight excluding hydrogens is 299 g/mol. The van der Waals surface area contributed by atoms with Crippen LogP contribution < -0.4 is 11.1 Å². The van der Waals surface area contributed by atoms with Gasteiger partial charge in [-0.3, -0.25) is 4.79 Å². The molecule has 0 saturated carbocycles. The molecule has 0 aromatic heterocycles. The molecule has 0 aliphatic carbocycles. The standard InChI is InChI=1S/C13H10BrFN2O/c14-11-3-1-2-10(12(11)15)13(18)17-9-6-4-8(16)5-7-9/h1-7H,16H2,(H,17,18). The maximum Gasteiger partial charge on any atom is 0.258 e. The molecule has 0 saturated heterocycles. The number of benzene rings is 2. The highest BCUT2D eigenvalue weighted by molar-refractivity contribution is 9.10. The van der Waals surface area contributed by atoms with Gasteiger partial charge in [0.15, 0.2) is 0 Å². The summed E-state index contributed by atoms with van der Waals surface area (Å²) in [6.45, 7) is 0. The number of carbonyl (C=O) groups is 1. The summed E-state index contributed by atoms with van der Waals surface area (Å²) in [6, 6.07) is 11.2. The van der Waals surface area contributed by atoms with Crippen LogP contribution in [0, 0.1) is 5.82 Å². The van der Waals surface area contributed by atoms with Crippen LogP contribution in [0.5, 0.6) is 0 Å². The number of hydrogen-bond acceptors (Lipinski definition) is 2. The lowest BCUT2D eigenvalue weighted by atomic mass is 10.2. The Kier molecular flexibility index (Phi) is 3.62. The third-order valence-corrected chi connectivity index (χ3v) is 2.98. The van der Waals surface area contributed by atoms with Gasteiger partial charge < -0.3 is 11.1 Å². The number of hydrogen-bond donors (Lipinski definition) is 2. The van der Waals surface area contributed by atoms with E-state index in [9.17, 15) is 9.18 Å². The predicted octanol–water partition coefficient (Wildman–Crippen LogP) is 3.42. The molecule has 0 unspecified atom stereocenters. The molecule has 0 spiro atoms. The van der Waals surface area contributed by atoms with Crippen molar-refractivity contribution in [3.8, 4) is 0 Å². The first-order valence-corrected chi connectivity index (χ1v) is 5.98. The zero-order valence-corrected chi connectivity index (χ0v) is 10.9. The van der Waals surface area contributed by atoms with E-state index in [2.05, 4.69) is 21.2 Å². The molecule has 2 aromatic rings. The topological polar surface area (TPSA) is 55.1 Å². The zero-order chi connectivity index (χ0) is 13.1. The van der Waals surface area contributed by atoms with Gasteiger partial charge in [0.25, 0.3) is 5.91 Å². The fraction of sp³-hybridized carbons (Fsp3) is 0. The van der Waals surface area contributed by atoms with Crippen molar-refractivity contribution in [2.75, 3.05) is 11.1 Å². The van der Waals surface area contributed by atoms with Gasteiger partial charge in [0, 0.05) is 11.4 Å². The number of amides is 1. The SMILES string of the molecule is Nc1ccc(NC(=O)c2cccc(Br)c2F)cc1. The van der Waals surface area contributed by atoms with E-state index < -0.39 is 11.7 Å². The molecule has 5 heteroatoms. The largest absolute Gasteiger partial charge is 0.399 e. The second kappa shape index (κ2) is 5.18. The van der Waals surface area contributed by atoms with Crippen molar-refractivity contribution in [2.45, 2.75) is 0 Å². The van der Waals surface area contributed by atoms with E-state index in [0.29, 0.717) is 11.4 Å². The van der Waals surface area contributed by atoms with Gasteiger partial charge in [0.05, 0.1) is 10.0 Å². The van der Waals surface area contributed by atoms with Crippen LogP contribution in [0.2, 0.25) is 0 Å². The highest BCUT2D eigenvalue weighted by atomic mass is 79.9. The maximum atomic E-state index is 13.7. The summed E-state index contributed by atoms with van der Waals surface area (Å²) < 4.78 is 13.9. The molecule has 0 bridgehead atoms. The Morgan fingerprint density at radius 1 is 1.17 bits per heavy atom. The Labute approximate surface area is 112 Å². The Hall–Kier alpha value is -1.88. The second-order valence-electron chi connectivity index (χ2n) is 3.68. The molecule has 2 rings (SSSR count). The Morgan fingerprint density at radius 2 is 1.83 bits per heavy atom. The summed E-state index contributed by atoms with van der Waals surface area (Å²) in [5.41, 5.74) is 6.68. The monoisotopic (exact) mass is 308 g/mol. The fourth-order valence-electron chi connectivity index (χ4n) is 1.44. The lowest BCUT2D eigenvalue weighted by molar-refractivity contribution is 0.102. The minimum Gasteiger partial charge on any atom is -0.399 e. The van der Waals surface area contributed by atoms with Gasteiger partial charge >= 0.3 is 0 Å². The van der Waals surface area contributed by atoms with Crippen molar-refractivity contribution in [3.63, 3.8) is 0 Å². The van der Waals surface area contributed by atoms with Gasteiger partial charge in [-0.25, -0.2) is 4.39 Å². The van der Waals surface area contributed by atoms with E-state index in [1.807, 2.05) is 0 Å². The molecule has 0 fully saturated rings. The summed E-state index contributed by atoms with van der Waals surface area (Å²) in [5, 5.41) is 2.60. The van der Waals surface area contributed by atoms with Crippen LogP contribution in [0.25, 0.3) is 0 Å². The smallest absolute Gasteiger partial charge is 0.258 e. The first kappa shape index (κ1) is 12.6. The zero-order valence-electron chi connectivity index (χ0n) is 9.28. The number of nitrogen functional groups attached to an aromatic ring is 1. The van der Waals surface area contributed by atoms with E-state index in [1.54, 1.807) is 30.3 Å². The number of halogens is 2. The first-order valence-electron chi connectivity index (χ1n) is 5.19. The maximum absolute atomic E-state index is 13.7. The van der Waals surface area contributed by atoms with Crippen LogP contribution >= 0.6 is 15.9 Å². The average Bonchev–Trinajstić information content (AvgIpc) is 2.35. The lowest BCUT2D eigenvalue weighted by Gasteiger charge is -2.07. The van der Waals surface area contributed by atoms with E-state index in [4.69, 9.17) is 5.73 Å². The summed E-state index contributed by atoms with van der Waals surface area (Å²) in [7, 11) is 0. The van der Waals surface area contributed by atoms with Gasteiger partial charge in [0.2, 0.25) is 0 Å². The Balaban J connectivity index is 2.22. The van der Waals surface area contributed by atoms with Crippen LogP contribution in [0.3, 0.4) is 0 Å². The number of nitrogens with two attached hydrogens (primary N) is 1. The molecule has 0 aliphatic heterocycles. The van der Waals surface area contributed by atoms with Gasteiger partial charge in [-0.15, -0.1) is 0 Å². The van der Waals surface area contributed by atoms with Gasteiger partial charge in [-0.2, -0.15) is 0 Å². The lowest BCUT2D eigenvalue weighted by Crippen LogP contribution is -2.13. The summed E-state index contributed by atoms with van der Waals surface area (Å²) in [4.78, 5) is 11.9. The molecule has 0 heterocycles. The summed E-state index contributed by atoms with van der Waals surface area (Å²) in [5.74, 6) is -1.08. The average molecular weight is 309 g/mol. The minimum atomic E-state index is -0.578. The molecule has 3 nitrogen and oxygen atoms in total. The Morgan fingerprint density at radius 3 is 2.50 bits per heavy atom. The van der Waals surface area contributed by atoms with Crippen molar-refractivity contribution in [3.05, 3.63) is 58.3 Å². The number of rotatable bonds is 2. The quantitative estimate of drug-likeness (QED) is 0.835. The molecule has 1 amide bonds. The van der Waals surface area contributed by atoms with Crippen LogP contribution in [0.4, 0.5) is 15.8 Å². The van der Waals surface area contributed by atoms with Gasteiger partial charge in [-0.05, 0) is 52.3 Å². The van der Waals surface area contributed by atoms with Crippen molar-refractivity contribution in [1.29, 1.82) is 0 Å². The van der Waals surface area contributed by atoms with Crippen LogP contribution in [-0.2, 0) is 0 Å². The summed E-state index contributed by atoms with van der Waals surface area (Å²) in [6.07, 6.45) is 0. The Bertz CT molecular complexity index is 584. The van der Waals surface area contributed by atoms with Crippen LogP contribution in [0.1, 0.15) is 10.4 Å². The fourth-order valence-corrected chi connectivity index (χ4v) is 1.81. The molecule has 2 aromatic carbocycles. The molecule has 18 heavy (non-hydrogen) atoms. The number of carbonyl (C=O) groups excluding carboxylic acids is 1. The highest BCUT2D eigenvalue weighted by Gasteiger charge is 2.13. The van der Waals surface area contributed by atoms with Crippen molar-refractivity contribution >= 4 is 33.2 Å². The minimum absolute atomic E-state index is 0.0128. The van der Waals surface area contributed by atoms with E-state index in [-0.39, 0.29) is 10.0 Å². The second-order valence-corrected chi connectivity index (χ2v) is 4.53. The number of anilines is 2. The normalized spacial score (nSPS) is 10.1. The molecule has 0 radical (unpaired) electrons. The highest BCUT2D eigenvalue weighted by Crippen LogP contribution is 2.20. The van der Waals surface area contributed by atoms with Crippen LogP contribution in [-0.4, -0.2) is 5.91 Å². The van der Waals surface area contributed by atoms with Crippen molar-refractivity contribution < 1.29 is 9.18 Å². The molecule has 0 atom stereocenters. The van der Waals surface area contributed by atoms with Crippen molar-refractivity contribution in [1.82, 2.24) is 0 Å². The predicted molar refractivity (Wildman–Crippen MR) is 72.9 cm³/mol. The summed E-state index contributed by atoms with van der Waals surface area (Å²) >= 11 is 3.04. The number of nitrogens with one attached hydrogen (secondary N) is 1. The van der Waals surface area contributed by atoms with Gasteiger partial charge in [0.1, 0.15) is 5.82 Å². The van der Waals surface area contributed by atoms with E-state index in [0.717, 1.165) is 0 Å². The van der Waals surface area contributed by atoms with E-state index >= 15 is 0 Å². The van der Waals surface area contributed by atoms with Crippen molar-refractivity contribution in [2.24, 2.45) is 0 Å². The first-order chi connectivity index (χ1) is 8.58. The molecule has 92 valence electrons. The van der Waals surface area contributed by atoms with Gasteiger partial charge in [-0.1, -0.05) is 6.07 Å². The molecule has 0 aliphatic rings. The third kappa shape index (κ3) is 2.68. The third-order valence-electron chi connectivity index (χ3n) is 2.36. The van der Waals surface area contributed by atoms with Crippen LogP contribution in [0.15, 0.2) is 46.9 Å². The molecular formula is C13H10BrFN2O.